The Labute approximate surface area is 173 Å². The predicted octanol–water partition coefficient (Wildman–Crippen LogP) is 3.92. The quantitative estimate of drug-likeness (QED) is 0.816. The molecule has 2 aliphatic rings. The first-order chi connectivity index (χ1) is 14.2. The van der Waals surface area contributed by atoms with Crippen molar-refractivity contribution in [3.05, 3.63) is 41.7 Å². The zero-order valence-corrected chi connectivity index (χ0v) is 17.1. The lowest BCUT2D eigenvalue weighted by Crippen LogP contribution is -2.47. The largest absolute Gasteiger partial charge is 0.411 e. The molecule has 1 fully saturated rings. The number of alkyl halides is 3. The maximum atomic E-state index is 13.5. The summed E-state index contributed by atoms with van der Waals surface area (Å²) in [4.78, 5) is 18.7. The Balaban J connectivity index is 1.39. The third kappa shape index (κ3) is 4.02. The molecule has 3 heterocycles. The van der Waals surface area contributed by atoms with Crippen LogP contribution in [-0.2, 0) is 4.79 Å². The molecule has 0 radical (unpaired) electrons. The zero-order chi connectivity index (χ0) is 21.5. The summed E-state index contributed by atoms with van der Waals surface area (Å²) < 4.78 is 41.5. The average molecular weight is 421 g/mol. The van der Waals surface area contributed by atoms with Gasteiger partial charge >= 0.3 is 6.18 Å². The second kappa shape index (κ2) is 7.92. The van der Waals surface area contributed by atoms with Crippen molar-refractivity contribution in [3.8, 4) is 0 Å². The number of aromatic nitrogens is 3. The van der Waals surface area contributed by atoms with Gasteiger partial charge in [0.25, 0.3) is 0 Å². The molecule has 0 spiro atoms. The van der Waals surface area contributed by atoms with Crippen LogP contribution in [0.1, 0.15) is 49.3 Å². The summed E-state index contributed by atoms with van der Waals surface area (Å²) in [5, 5.41) is 6.88. The number of rotatable bonds is 3. The van der Waals surface area contributed by atoms with Crippen LogP contribution in [0.4, 0.5) is 19.1 Å². The van der Waals surface area contributed by atoms with Gasteiger partial charge in [-0.1, -0.05) is 29.8 Å². The second-order valence-electron chi connectivity index (χ2n) is 8.37. The maximum Gasteiger partial charge on any atom is 0.411 e. The van der Waals surface area contributed by atoms with Crippen LogP contribution >= 0.6 is 0 Å². The summed E-state index contributed by atoms with van der Waals surface area (Å²) in [6, 6.07) is 5.95. The van der Waals surface area contributed by atoms with Gasteiger partial charge in [0.2, 0.25) is 11.9 Å². The van der Waals surface area contributed by atoms with Gasteiger partial charge in [-0.2, -0.15) is 23.3 Å². The fourth-order valence-electron chi connectivity index (χ4n) is 4.52. The molecule has 0 bridgehead atoms. The molecule has 0 unspecified atom stereocenters. The van der Waals surface area contributed by atoms with Gasteiger partial charge in [0, 0.05) is 19.1 Å². The van der Waals surface area contributed by atoms with Gasteiger partial charge in [0.1, 0.15) is 6.33 Å². The van der Waals surface area contributed by atoms with Crippen molar-refractivity contribution in [2.75, 3.05) is 18.4 Å². The van der Waals surface area contributed by atoms with E-state index in [1.807, 2.05) is 43.0 Å². The molecule has 0 aliphatic carbocycles. The van der Waals surface area contributed by atoms with Crippen LogP contribution in [0.15, 0.2) is 30.6 Å². The summed E-state index contributed by atoms with van der Waals surface area (Å²) in [6.07, 6.45) is -1.95. The molecule has 6 nitrogen and oxygen atoms in total. The first-order valence-corrected chi connectivity index (χ1v) is 10.3. The highest BCUT2D eigenvalue weighted by atomic mass is 19.4. The number of nitrogens with one attached hydrogen (secondary N) is 1. The van der Waals surface area contributed by atoms with E-state index in [2.05, 4.69) is 15.4 Å². The molecule has 4 rings (SSSR count). The number of carbonyl (C=O) groups is 1. The summed E-state index contributed by atoms with van der Waals surface area (Å²) in [6.45, 7) is 5.03. The standard InChI is InChI=1S/C21H26F3N5O/c1-13-3-5-15(6-4-13)14(2)19(30)28-9-7-16(8-10-28)17-11-18(21(22,23)24)29-20(27-17)25-12-26-29/h3-6,12,14,16-18H,7-11H2,1-2H3,(H,25,26,27)/t14-,17-,18+/m0/s1. The number of aryl methyl sites for hydroxylation is 1. The number of anilines is 1. The molecule has 2 aliphatic heterocycles. The van der Waals surface area contributed by atoms with Crippen molar-refractivity contribution >= 4 is 11.9 Å². The van der Waals surface area contributed by atoms with E-state index < -0.39 is 12.2 Å². The summed E-state index contributed by atoms with van der Waals surface area (Å²) in [5.74, 6) is 0.0593. The van der Waals surface area contributed by atoms with E-state index in [1.54, 1.807) is 0 Å². The van der Waals surface area contributed by atoms with Crippen molar-refractivity contribution in [1.29, 1.82) is 0 Å². The van der Waals surface area contributed by atoms with E-state index in [4.69, 9.17) is 0 Å². The van der Waals surface area contributed by atoms with Gasteiger partial charge < -0.3 is 10.2 Å². The van der Waals surface area contributed by atoms with E-state index in [1.165, 1.54) is 0 Å². The molecular weight excluding hydrogens is 395 g/mol. The van der Waals surface area contributed by atoms with Crippen LogP contribution in [0.5, 0.6) is 0 Å². The van der Waals surface area contributed by atoms with E-state index in [-0.39, 0.29) is 36.2 Å². The number of hydrogen-bond acceptors (Lipinski definition) is 4. The molecule has 0 saturated carbocycles. The van der Waals surface area contributed by atoms with E-state index >= 15 is 0 Å². The van der Waals surface area contributed by atoms with Crippen LogP contribution in [0.25, 0.3) is 0 Å². The molecule has 2 aromatic rings. The maximum absolute atomic E-state index is 13.5. The van der Waals surface area contributed by atoms with Gasteiger partial charge in [-0.25, -0.2) is 4.68 Å². The highest BCUT2D eigenvalue weighted by Crippen LogP contribution is 2.41. The number of halogens is 3. The van der Waals surface area contributed by atoms with Crippen molar-refractivity contribution < 1.29 is 18.0 Å². The Morgan fingerprint density at radius 2 is 1.87 bits per heavy atom. The number of benzene rings is 1. The minimum atomic E-state index is -4.37. The number of nitrogens with zero attached hydrogens (tertiary/aromatic N) is 4. The molecule has 1 amide bonds. The molecule has 1 N–H and O–H groups in total. The molecular formula is C21H26F3N5O. The molecule has 30 heavy (non-hydrogen) atoms. The highest BCUT2D eigenvalue weighted by molar-refractivity contribution is 5.83. The van der Waals surface area contributed by atoms with Gasteiger partial charge in [0.05, 0.1) is 5.92 Å². The summed E-state index contributed by atoms with van der Waals surface area (Å²) >= 11 is 0. The number of fused-ring (bicyclic) bond motifs is 1. The molecule has 9 heteroatoms. The summed E-state index contributed by atoms with van der Waals surface area (Å²) in [5.41, 5.74) is 2.13. The Morgan fingerprint density at radius 3 is 2.50 bits per heavy atom. The molecule has 1 aromatic heterocycles. The van der Waals surface area contributed by atoms with Crippen LogP contribution in [0.3, 0.4) is 0 Å². The van der Waals surface area contributed by atoms with Crippen molar-refractivity contribution in [1.82, 2.24) is 19.7 Å². The number of carbonyl (C=O) groups excluding carboxylic acids is 1. The minimum Gasteiger partial charge on any atom is -0.351 e. The molecule has 162 valence electrons. The van der Waals surface area contributed by atoms with Crippen molar-refractivity contribution in [2.45, 2.75) is 57.3 Å². The van der Waals surface area contributed by atoms with Crippen molar-refractivity contribution in [3.63, 3.8) is 0 Å². The van der Waals surface area contributed by atoms with Crippen molar-refractivity contribution in [2.24, 2.45) is 5.92 Å². The lowest BCUT2D eigenvalue weighted by atomic mass is 9.84. The van der Waals surface area contributed by atoms with E-state index in [9.17, 15) is 18.0 Å². The van der Waals surface area contributed by atoms with Crippen LogP contribution in [-0.4, -0.2) is 50.9 Å². The van der Waals surface area contributed by atoms with E-state index in [0.717, 1.165) is 22.1 Å². The SMILES string of the molecule is Cc1ccc([C@H](C)C(=O)N2CCC([C@@H]3C[C@H](C(F)(F)F)n4ncnc4N3)CC2)cc1. The normalized spacial score (nSPS) is 23.6. The third-order valence-corrected chi connectivity index (χ3v) is 6.41. The average Bonchev–Trinajstić information content (AvgIpc) is 3.20. The van der Waals surface area contributed by atoms with Crippen LogP contribution in [0, 0.1) is 12.8 Å². The van der Waals surface area contributed by atoms with E-state index in [0.29, 0.717) is 25.9 Å². The fraction of sp³-hybridized carbons (Fsp3) is 0.571. The summed E-state index contributed by atoms with van der Waals surface area (Å²) in [7, 11) is 0. The number of hydrogen-bond donors (Lipinski definition) is 1. The Bertz CT molecular complexity index is 887. The van der Waals surface area contributed by atoms with Gasteiger partial charge in [-0.3, -0.25) is 4.79 Å². The van der Waals surface area contributed by atoms with Gasteiger partial charge in [-0.15, -0.1) is 0 Å². The monoisotopic (exact) mass is 421 g/mol. The highest BCUT2D eigenvalue weighted by Gasteiger charge is 2.48. The molecule has 3 atom stereocenters. The molecule has 1 saturated heterocycles. The van der Waals surface area contributed by atoms with Gasteiger partial charge in [0.15, 0.2) is 6.04 Å². The second-order valence-corrected chi connectivity index (χ2v) is 8.37. The van der Waals surface area contributed by atoms with Crippen LogP contribution in [0.2, 0.25) is 0 Å². The third-order valence-electron chi connectivity index (χ3n) is 6.41. The van der Waals surface area contributed by atoms with Gasteiger partial charge in [-0.05, 0) is 44.6 Å². The molecule has 1 aromatic carbocycles. The number of likely N-dealkylation sites (tertiary alicyclic amines) is 1. The fourth-order valence-corrected chi connectivity index (χ4v) is 4.52. The number of amides is 1. The first kappa shape index (κ1) is 20.7. The first-order valence-electron chi connectivity index (χ1n) is 10.3. The Morgan fingerprint density at radius 1 is 1.20 bits per heavy atom. The predicted molar refractivity (Wildman–Crippen MR) is 106 cm³/mol. The van der Waals surface area contributed by atoms with Crippen LogP contribution < -0.4 is 5.32 Å². The Kier molecular flexibility index (Phi) is 5.46. The zero-order valence-electron chi connectivity index (χ0n) is 17.1. The smallest absolute Gasteiger partial charge is 0.351 e. The lowest BCUT2D eigenvalue weighted by Gasteiger charge is -2.40. The number of piperidine rings is 1. The topological polar surface area (TPSA) is 63.1 Å². The minimum absolute atomic E-state index is 0.0547. The lowest BCUT2D eigenvalue weighted by molar-refractivity contribution is -0.174. The Hall–Kier alpha value is -2.58.